The van der Waals surface area contributed by atoms with Crippen molar-refractivity contribution >= 4 is 35.6 Å². The minimum absolute atomic E-state index is 0.181. The molecule has 0 aliphatic rings. The van der Waals surface area contributed by atoms with Crippen molar-refractivity contribution in [2.24, 2.45) is 0 Å². The van der Waals surface area contributed by atoms with Crippen molar-refractivity contribution in [2.45, 2.75) is 212 Å². The molecule has 0 aliphatic heterocycles. The largest absolute Gasteiger partial charge is 0.480 e. The Morgan fingerprint density at radius 2 is 0.561 bits per heavy atom. The lowest BCUT2D eigenvalue weighted by molar-refractivity contribution is -0.140. The summed E-state index contributed by atoms with van der Waals surface area (Å²) >= 11 is 0. The Morgan fingerprint density at radius 1 is 0.368 bits per heavy atom. The Balaban J connectivity index is 3.16. The first kappa shape index (κ1) is 51.1. The van der Waals surface area contributed by atoms with Crippen LogP contribution in [0.4, 0.5) is 0 Å². The highest BCUT2D eigenvalue weighted by Gasteiger charge is 2.26. The SMILES string of the molecule is CCCCCCCCCCC(NC(=O)c1cc(C(=O)NC(CCCCCCCCCC)C(=O)O)cc(C(=O)NC(CCCCCCCCCC)C(=O)O)c1)C(=O)O. The molecule has 0 aliphatic carbocycles. The number of hydrogen-bond acceptors (Lipinski definition) is 6. The Kier molecular flexibility index (Phi) is 28.7. The number of carboxylic acid groups (broad SMARTS) is 3. The maximum absolute atomic E-state index is 13.6. The fourth-order valence-corrected chi connectivity index (χ4v) is 6.96. The highest BCUT2D eigenvalue weighted by Crippen LogP contribution is 2.17. The van der Waals surface area contributed by atoms with Crippen molar-refractivity contribution in [1.29, 1.82) is 0 Å². The van der Waals surface area contributed by atoms with Gasteiger partial charge in [0.2, 0.25) is 0 Å². The number of hydrogen-bond donors (Lipinski definition) is 6. The third kappa shape index (κ3) is 23.8. The summed E-state index contributed by atoms with van der Waals surface area (Å²) in [6.07, 6.45) is 24.9. The van der Waals surface area contributed by atoms with Crippen molar-refractivity contribution < 1.29 is 44.1 Å². The van der Waals surface area contributed by atoms with E-state index in [9.17, 15) is 44.1 Å². The van der Waals surface area contributed by atoms with Crippen LogP contribution in [0.3, 0.4) is 0 Å². The molecule has 0 radical (unpaired) electrons. The topological polar surface area (TPSA) is 199 Å². The van der Waals surface area contributed by atoms with Gasteiger partial charge in [-0.3, -0.25) is 14.4 Å². The average Bonchev–Trinajstić information content (AvgIpc) is 3.18. The summed E-state index contributed by atoms with van der Waals surface area (Å²) in [4.78, 5) is 77.1. The summed E-state index contributed by atoms with van der Waals surface area (Å²) in [7, 11) is 0. The Morgan fingerprint density at radius 3 is 0.754 bits per heavy atom. The molecule has 12 nitrogen and oxygen atoms in total. The molecule has 0 aromatic heterocycles. The molecule has 3 amide bonds. The predicted molar refractivity (Wildman–Crippen MR) is 225 cm³/mol. The van der Waals surface area contributed by atoms with Gasteiger partial charge in [0.15, 0.2) is 0 Å². The summed E-state index contributed by atoms with van der Waals surface area (Å²) in [5, 5.41) is 37.3. The number of benzene rings is 1. The predicted octanol–water partition coefficient (Wildman–Crippen LogP) is 9.83. The number of carbonyl (C=O) groups is 6. The molecule has 324 valence electrons. The lowest BCUT2D eigenvalue weighted by Gasteiger charge is -2.18. The van der Waals surface area contributed by atoms with Gasteiger partial charge in [-0.05, 0) is 37.5 Å². The molecule has 0 fully saturated rings. The number of rotatable bonds is 36. The number of carbonyl (C=O) groups excluding carboxylic acids is 3. The maximum atomic E-state index is 13.6. The molecule has 0 spiro atoms. The van der Waals surface area contributed by atoms with E-state index in [1.165, 1.54) is 56.7 Å². The Hall–Kier alpha value is -3.96. The van der Waals surface area contributed by atoms with Crippen LogP contribution in [0.15, 0.2) is 18.2 Å². The van der Waals surface area contributed by atoms with Crippen LogP contribution in [0.2, 0.25) is 0 Å². The van der Waals surface area contributed by atoms with Gasteiger partial charge in [-0.25, -0.2) is 14.4 Å². The number of nitrogens with one attached hydrogen (secondary N) is 3. The minimum Gasteiger partial charge on any atom is -0.480 e. The van der Waals surface area contributed by atoms with E-state index in [-0.39, 0.29) is 36.0 Å². The number of unbranched alkanes of at least 4 members (excludes halogenated alkanes) is 21. The molecular weight excluding hydrogens is 727 g/mol. The molecule has 12 heteroatoms. The number of aliphatic carboxylic acids is 3. The van der Waals surface area contributed by atoms with Crippen molar-refractivity contribution in [3.63, 3.8) is 0 Å². The van der Waals surface area contributed by atoms with E-state index in [2.05, 4.69) is 36.7 Å². The summed E-state index contributed by atoms with van der Waals surface area (Å²) in [5.41, 5.74) is -0.542. The van der Waals surface area contributed by atoms with E-state index in [1.54, 1.807) is 0 Å². The molecule has 1 aromatic carbocycles. The van der Waals surface area contributed by atoms with E-state index in [4.69, 9.17) is 0 Å². The fraction of sp³-hybridized carbons (Fsp3) is 0.733. The molecule has 0 bridgehead atoms. The van der Waals surface area contributed by atoms with Gasteiger partial charge < -0.3 is 31.3 Å². The van der Waals surface area contributed by atoms with E-state index in [0.717, 1.165) is 96.3 Å². The Labute approximate surface area is 342 Å². The summed E-state index contributed by atoms with van der Waals surface area (Å²) < 4.78 is 0. The molecule has 57 heavy (non-hydrogen) atoms. The third-order valence-electron chi connectivity index (χ3n) is 10.6. The quantitative estimate of drug-likeness (QED) is 0.0358. The maximum Gasteiger partial charge on any atom is 0.326 e. The van der Waals surface area contributed by atoms with Crippen LogP contribution in [0.5, 0.6) is 0 Å². The normalized spacial score (nSPS) is 12.7. The summed E-state index contributed by atoms with van der Waals surface area (Å²) in [6.45, 7) is 6.47. The zero-order chi connectivity index (χ0) is 42.3. The average molecular weight is 802 g/mol. The monoisotopic (exact) mass is 802 g/mol. The first-order valence-electron chi connectivity index (χ1n) is 22.2. The van der Waals surface area contributed by atoms with Gasteiger partial charge in [-0.2, -0.15) is 0 Å². The van der Waals surface area contributed by atoms with Crippen molar-refractivity contribution in [1.82, 2.24) is 16.0 Å². The highest BCUT2D eigenvalue weighted by atomic mass is 16.4. The first-order valence-corrected chi connectivity index (χ1v) is 22.2. The molecule has 3 unspecified atom stereocenters. The van der Waals surface area contributed by atoms with E-state index < -0.39 is 53.8 Å². The second kappa shape index (κ2) is 32.0. The fourth-order valence-electron chi connectivity index (χ4n) is 6.96. The van der Waals surface area contributed by atoms with Crippen LogP contribution in [-0.4, -0.2) is 69.1 Å². The standard InChI is InChI=1S/C45H75N3O9/c1-4-7-10-13-16-19-22-25-28-37(43(52)53)46-40(49)34-31-35(41(50)47-38(44(54)55)29-26-23-20-17-14-11-8-5-2)33-36(32-34)42(51)48-39(45(56)57)30-27-24-21-18-15-12-9-6-3/h31-33,37-39H,4-30H2,1-3H3,(H,46,49)(H,47,50)(H,48,51)(H,52,53)(H,54,55)(H,56,57). The molecule has 0 saturated heterocycles. The second-order valence-electron chi connectivity index (χ2n) is 15.7. The van der Waals surface area contributed by atoms with Crippen LogP contribution in [-0.2, 0) is 14.4 Å². The zero-order valence-electron chi connectivity index (χ0n) is 35.3. The molecule has 1 aromatic rings. The van der Waals surface area contributed by atoms with Gasteiger partial charge in [-0.1, -0.05) is 175 Å². The minimum atomic E-state index is -1.21. The van der Waals surface area contributed by atoms with Crippen LogP contribution < -0.4 is 16.0 Å². The number of amides is 3. The van der Waals surface area contributed by atoms with Gasteiger partial charge in [-0.15, -0.1) is 0 Å². The van der Waals surface area contributed by atoms with E-state index in [1.807, 2.05) is 0 Å². The van der Waals surface area contributed by atoms with E-state index in [0.29, 0.717) is 19.3 Å². The lowest BCUT2D eigenvalue weighted by Crippen LogP contribution is -2.42. The van der Waals surface area contributed by atoms with Crippen molar-refractivity contribution in [3.8, 4) is 0 Å². The van der Waals surface area contributed by atoms with Crippen LogP contribution in [0.25, 0.3) is 0 Å². The Bertz CT molecular complexity index is 1170. The number of carboxylic acids is 3. The summed E-state index contributed by atoms with van der Waals surface area (Å²) in [5.74, 6) is -6.12. The second-order valence-corrected chi connectivity index (χ2v) is 15.7. The summed E-state index contributed by atoms with van der Waals surface area (Å²) in [6, 6.07) is -0.0429. The molecule has 0 heterocycles. The molecule has 0 saturated carbocycles. The van der Waals surface area contributed by atoms with Crippen molar-refractivity contribution in [2.75, 3.05) is 0 Å². The van der Waals surface area contributed by atoms with Crippen molar-refractivity contribution in [3.05, 3.63) is 34.9 Å². The van der Waals surface area contributed by atoms with Gasteiger partial charge >= 0.3 is 17.9 Å². The molecule has 3 atom stereocenters. The first-order chi connectivity index (χ1) is 27.4. The molecule has 1 rings (SSSR count). The van der Waals surface area contributed by atoms with Gasteiger partial charge in [0.25, 0.3) is 17.7 Å². The van der Waals surface area contributed by atoms with Gasteiger partial charge in [0, 0.05) is 16.7 Å². The van der Waals surface area contributed by atoms with Crippen LogP contribution in [0, 0.1) is 0 Å². The molecular formula is C45H75N3O9. The lowest BCUT2D eigenvalue weighted by atomic mass is 10.0. The smallest absolute Gasteiger partial charge is 0.326 e. The highest BCUT2D eigenvalue weighted by molar-refractivity contribution is 6.06. The van der Waals surface area contributed by atoms with Crippen LogP contribution in [0.1, 0.15) is 225 Å². The zero-order valence-corrected chi connectivity index (χ0v) is 35.3. The van der Waals surface area contributed by atoms with Crippen LogP contribution >= 0.6 is 0 Å². The van der Waals surface area contributed by atoms with Gasteiger partial charge in [0.1, 0.15) is 18.1 Å². The van der Waals surface area contributed by atoms with Gasteiger partial charge in [0.05, 0.1) is 0 Å². The van der Waals surface area contributed by atoms with E-state index >= 15 is 0 Å². The third-order valence-corrected chi connectivity index (χ3v) is 10.6. The molecule has 6 N–H and O–H groups in total.